The Hall–Kier alpha value is -5.78. The first-order chi connectivity index (χ1) is 27.2. The number of aromatic nitrogens is 5. The van der Waals surface area contributed by atoms with E-state index in [1.165, 1.54) is 0 Å². The molecule has 1 amide bonds. The number of anilines is 1. The molecule has 0 aliphatic carbocycles. The Bertz CT molecular complexity index is 2740. The highest BCUT2D eigenvalue weighted by molar-refractivity contribution is 6.35. The van der Waals surface area contributed by atoms with Crippen LogP contribution >= 0.6 is 23.2 Å². The van der Waals surface area contributed by atoms with Crippen LogP contribution in [0.1, 0.15) is 68.4 Å². The molecule has 1 atom stereocenters. The van der Waals surface area contributed by atoms with E-state index in [1.807, 2.05) is 69.8 Å². The summed E-state index contributed by atoms with van der Waals surface area (Å²) >= 11 is 13.6. The Kier molecular flexibility index (Phi) is 9.78. The molecule has 8 rings (SSSR count). The molecule has 1 aliphatic heterocycles. The number of aryl methyl sites for hydroxylation is 6. The molecule has 1 N–H and O–H groups in total. The molecular formula is C44H42Cl2N6O5. The number of carboxylic acid groups (broad SMARTS) is 1. The number of ether oxygens (including phenoxy) is 2. The first kappa shape index (κ1) is 38.1. The molecule has 0 radical (unpaired) electrons. The Labute approximate surface area is 340 Å². The Balaban J connectivity index is 1.29. The molecule has 3 aromatic carbocycles. The van der Waals surface area contributed by atoms with Gasteiger partial charge in [-0.3, -0.25) is 9.48 Å². The number of halogens is 2. The average Bonchev–Trinajstić information content (AvgIpc) is 3.78. The fourth-order valence-electron chi connectivity index (χ4n) is 8.39. The highest BCUT2D eigenvalue weighted by atomic mass is 35.5. The van der Waals surface area contributed by atoms with E-state index < -0.39 is 5.97 Å². The second-order valence-corrected chi connectivity index (χ2v) is 15.6. The van der Waals surface area contributed by atoms with Gasteiger partial charge in [0.2, 0.25) is 5.88 Å². The normalized spacial score (nSPS) is 14.2. The number of hydrogen-bond donors (Lipinski definition) is 1. The number of carbonyl (C=O) groups is 2. The number of amides is 1. The Morgan fingerprint density at radius 2 is 1.70 bits per heavy atom. The number of fused-ring (bicyclic) bond motifs is 4. The molecule has 1 aliphatic rings. The molecule has 0 saturated heterocycles. The zero-order chi connectivity index (χ0) is 40.4. The van der Waals surface area contributed by atoms with E-state index in [0.29, 0.717) is 64.9 Å². The van der Waals surface area contributed by atoms with Crippen LogP contribution in [-0.2, 0) is 20.5 Å². The SMILES string of the molecule is Cc1cc(OCCCc2c3n(c4c(-c5c(C)nn(C)c5C)c(Cl)ccc24)C(C)CN(c2cc(Oc4ccccn4)cc4cc(C(=O)O)n(C)c24)C3=O)cc(C)c1Cl. The van der Waals surface area contributed by atoms with Gasteiger partial charge in [0, 0.05) is 77.6 Å². The highest BCUT2D eigenvalue weighted by Gasteiger charge is 2.38. The third-order valence-corrected chi connectivity index (χ3v) is 11.9. The molecule has 0 fully saturated rings. The standard InChI is InChI=1S/C44H42Cl2N6O5/c1-23-17-29(18-24(2)39(23)46)56-16-10-11-31-32-13-14-33(45)38(37-26(4)48-50(7)27(37)5)41(32)52-25(3)22-51(43(53)42(31)52)34-21-30(57-36-12-8-9-15-47-36)19-28-20-35(44(54)55)49(6)40(28)34/h8-9,12-15,17-21,25H,10-11,16,22H2,1-7H3,(H,54,55). The number of pyridine rings is 1. The Morgan fingerprint density at radius 3 is 2.37 bits per heavy atom. The van der Waals surface area contributed by atoms with Crippen molar-refractivity contribution in [3.8, 4) is 28.5 Å². The molecule has 5 heterocycles. The molecule has 292 valence electrons. The van der Waals surface area contributed by atoms with Crippen molar-refractivity contribution in [1.29, 1.82) is 0 Å². The summed E-state index contributed by atoms with van der Waals surface area (Å²) in [4.78, 5) is 33.8. The molecule has 4 aromatic heterocycles. The van der Waals surface area contributed by atoms with Gasteiger partial charge in [-0.05, 0) is 101 Å². The fourth-order valence-corrected chi connectivity index (χ4v) is 8.75. The summed E-state index contributed by atoms with van der Waals surface area (Å²) in [5.74, 6) is 0.233. The summed E-state index contributed by atoms with van der Waals surface area (Å²) in [6.45, 7) is 10.7. The van der Waals surface area contributed by atoms with E-state index in [-0.39, 0.29) is 17.6 Å². The van der Waals surface area contributed by atoms with E-state index in [9.17, 15) is 9.90 Å². The lowest BCUT2D eigenvalue weighted by Gasteiger charge is -2.35. The molecule has 13 heteroatoms. The summed E-state index contributed by atoms with van der Waals surface area (Å²) in [7, 11) is 3.61. The van der Waals surface area contributed by atoms with Crippen molar-refractivity contribution in [2.75, 3.05) is 18.1 Å². The van der Waals surface area contributed by atoms with Crippen LogP contribution in [0.2, 0.25) is 10.0 Å². The number of benzene rings is 3. The first-order valence-electron chi connectivity index (χ1n) is 18.8. The molecule has 11 nitrogen and oxygen atoms in total. The van der Waals surface area contributed by atoms with Crippen LogP contribution in [0.25, 0.3) is 32.9 Å². The van der Waals surface area contributed by atoms with Crippen LogP contribution < -0.4 is 14.4 Å². The van der Waals surface area contributed by atoms with Crippen LogP contribution in [0.3, 0.4) is 0 Å². The second kappa shape index (κ2) is 14.6. The number of carboxylic acids is 1. The van der Waals surface area contributed by atoms with E-state index >= 15 is 4.79 Å². The molecule has 1 unspecified atom stereocenters. The lowest BCUT2D eigenvalue weighted by Crippen LogP contribution is -2.43. The molecule has 0 bridgehead atoms. The quantitative estimate of drug-likeness (QED) is 0.137. The van der Waals surface area contributed by atoms with Gasteiger partial charge in [0.1, 0.15) is 22.9 Å². The zero-order valence-corrected chi connectivity index (χ0v) is 34.3. The minimum Gasteiger partial charge on any atom is -0.494 e. The zero-order valence-electron chi connectivity index (χ0n) is 32.8. The number of aromatic carboxylic acids is 1. The van der Waals surface area contributed by atoms with Crippen molar-refractivity contribution in [2.45, 2.75) is 53.5 Å². The minimum absolute atomic E-state index is 0.0844. The summed E-state index contributed by atoms with van der Waals surface area (Å²) in [6.07, 6.45) is 2.79. The van der Waals surface area contributed by atoms with Crippen LogP contribution in [0.4, 0.5) is 5.69 Å². The second-order valence-electron chi connectivity index (χ2n) is 14.8. The monoisotopic (exact) mass is 804 g/mol. The minimum atomic E-state index is -1.08. The molecule has 7 aromatic rings. The largest absolute Gasteiger partial charge is 0.494 e. The van der Waals surface area contributed by atoms with Gasteiger partial charge >= 0.3 is 5.97 Å². The topological polar surface area (TPSA) is 117 Å². The van der Waals surface area contributed by atoms with Crippen molar-refractivity contribution in [2.24, 2.45) is 14.1 Å². The van der Waals surface area contributed by atoms with Crippen LogP contribution in [0.15, 0.2) is 66.9 Å². The van der Waals surface area contributed by atoms with Crippen molar-refractivity contribution in [3.63, 3.8) is 0 Å². The van der Waals surface area contributed by atoms with Crippen LogP contribution in [0.5, 0.6) is 17.4 Å². The summed E-state index contributed by atoms with van der Waals surface area (Å²) < 4.78 is 18.1. The number of hydrogen-bond acceptors (Lipinski definition) is 6. The van der Waals surface area contributed by atoms with Crippen LogP contribution in [-0.4, -0.2) is 54.0 Å². The van der Waals surface area contributed by atoms with Gasteiger partial charge < -0.3 is 28.6 Å². The average molecular weight is 806 g/mol. The Morgan fingerprint density at radius 1 is 0.947 bits per heavy atom. The van der Waals surface area contributed by atoms with Crippen molar-refractivity contribution in [3.05, 3.63) is 116 Å². The number of carbonyl (C=O) groups excluding carboxylic acids is 1. The first-order valence-corrected chi connectivity index (χ1v) is 19.5. The van der Waals surface area contributed by atoms with Gasteiger partial charge in [-0.1, -0.05) is 35.3 Å². The van der Waals surface area contributed by atoms with Gasteiger partial charge in [-0.15, -0.1) is 0 Å². The lowest BCUT2D eigenvalue weighted by atomic mass is 9.98. The third kappa shape index (κ3) is 6.48. The highest BCUT2D eigenvalue weighted by Crippen LogP contribution is 2.46. The predicted octanol–water partition coefficient (Wildman–Crippen LogP) is 10.2. The number of nitrogens with zero attached hydrogens (tertiary/aromatic N) is 6. The van der Waals surface area contributed by atoms with Crippen molar-refractivity contribution in [1.82, 2.24) is 23.9 Å². The molecular weight excluding hydrogens is 763 g/mol. The maximum atomic E-state index is 15.4. The van der Waals surface area contributed by atoms with Gasteiger partial charge in [-0.25, -0.2) is 9.78 Å². The van der Waals surface area contributed by atoms with E-state index in [2.05, 4.69) is 16.5 Å². The van der Waals surface area contributed by atoms with E-state index in [0.717, 1.165) is 60.9 Å². The molecule has 0 saturated carbocycles. The summed E-state index contributed by atoms with van der Waals surface area (Å²) in [5, 5.41) is 17.7. The van der Waals surface area contributed by atoms with E-state index in [1.54, 1.807) is 53.0 Å². The van der Waals surface area contributed by atoms with Crippen LogP contribution in [0, 0.1) is 27.7 Å². The summed E-state index contributed by atoms with van der Waals surface area (Å²) in [5.41, 5.74) is 8.97. The van der Waals surface area contributed by atoms with Gasteiger partial charge in [0.15, 0.2) is 0 Å². The fraction of sp³-hybridized carbons (Fsp3) is 0.273. The van der Waals surface area contributed by atoms with Gasteiger partial charge in [0.05, 0.1) is 34.0 Å². The molecule has 57 heavy (non-hydrogen) atoms. The van der Waals surface area contributed by atoms with Crippen molar-refractivity contribution < 1.29 is 24.2 Å². The number of rotatable bonds is 10. The smallest absolute Gasteiger partial charge is 0.352 e. The predicted molar refractivity (Wildman–Crippen MR) is 224 cm³/mol. The van der Waals surface area contributed by atoms with Crippen molar-refractivity contribution >= 4 is 62.6 Å². The maximum absolute atomic E-state index is 15.4. The lowest BCUT2D eigenvalue weighted by molar-refractivity contribution is 0.0687. The summed E-state index contributed by atoms with van der Waals surface area (Å²) in [6, 6.07) is 18.1. The molecule has 0 spiro atoms. The van der Waals surface area contributed by atoms with E-state index in [4.69, 9.17) is 37.8 Å². The third-order valence-electron chi connectivity index (χ3n) is 11.0. The van der Waals surface area contributed by atoms with Gasteiger partial charge in [0.25, 0.3) is 5.91 Å². The van der Waals surface area contributed by atoms with Gasteiger partial charge in [-0.2, -0.15) is 5.10 Å². The maximum Gasteiger partial charge on any atom is 0.352 e.